The van der Waals surface area contributed by atoms with E-state index in [0.29, 0.717) is 17.9 Å². The van der Waals surface area contributed by atoms with Gasteiger partial charge in [0.25, 0.3) is 5.91 Å². The number of nitrogens with zero attached hydrogens (tertiary/aromatic N) is 1. The van der Waals surface area contributed by atoms with Crippen molar-refractivity contribution in [3.05, 3.63) is 52.2 Å². The van der Waals surface area contributed by atoms with E-state index in [4.69, 9.17) is 4.74 Å². The van der Waals surface area contributed by atoms with Crippen LogP contribution in [0.25, 0.3) is 0 Å². The predicted molar refractivity (Wildman–Crippen MR) is 102 cm³/mol. The number of benzene rings is 1. The number of piperidine rings is 1. The average molecular weight is 359 g/mol. The molecular weight excluding hydrogens is 332 g/mol. The van der Waals surface area contributed by atoms with Crippen LogP contribution in [-0.4, -0.2) is 37.6 Å². The summed E-state index contributed by atoms with van der Waals surface area (Å²) in [5.74, 6) is 1.33. The summed E-state index contributed by atoms with van der Waals surface area (Å²) < 4.78 is 5.30. The van der Waals surface area contributed by atoms with Crippen molar-refractivity contribution >= 4 is 17.2 Å². The van der Waals surface area contributed by atoms with Gasteiger partial charge in [-0.3, -0.25) is 9.69 Å². The van der Waals surface area contributed by atoms with Crippen LogP contribution in [0, 0.1) is 5.92 Å². The summed E-state index contributed by atoms with van der Waals surface area (Å²) in [5.41, 5.74) is 0.585. The van der Waals surface area contributed by atoms with Crippen molar-refractivity contribution in [2.24, 2.45) is 5.92 Å². The fourth-order valence-corrected chi connectivity index (χ4v) is 4.21. The third kappa shape index (κ3) is 4.41. The number of hydrogen-bond donors (Lipinski definition) is 1. The summed E-state index contributed by atoms with van der Waals surface area (Å²) in [5, 5.41) is 5.22. The Labute approximate surface area is 153 Å². The molecule has 1 unspecified atom stereocenters. The van der Waals surface area contributed by atoms with E-state index in [2.05, 4.69) is 34.7 Å². The molecule has 1 saturated heterocycles. The highest BCUT2D eigenvalue weighted by Crippen LogP contribution is 2.29. The van der Waals surface area contributed by atoms with Crippen molar-refractivity contribution in [1.29, 1.82) is 0 Å². The molecule has 0 saturated carbocycles. The molecule has 0 bridgehead atoms. The third-order valence-electron chi connectivity index (χ3n) is 4.94. The van der Waals surface area contributed by atoms with Gasteiger partial charge in [0.1, 0.15) is 5.75 Å². The summed E-state index contributed by atoms with van der Waals surface area (Å²) >= 11 is 1.76. The van der Waals surface area contributed by atoms with Crippen LogP contribution in [0.15, 0.2) is 41.8 Å². The van der Waals surface area contributed by atoms with Crippen molar-refractivity contribution in [2.45, 2.75) is 25.8 Å². The van der Waals surface area contributed by atoms with E-state index in [1.807, 2.05) is 18.2 Å². The van der Waals surface area contributed by atoms with Crippen LogP contribution < -0.4 is 10.1 Å². The third-order valence-corrected chi connectivity index (χ3v) is 5.91. The molecule has 0 radical (unpaired) electrons. The number of para-hydroxylation sites is 1. The second-order valence-corrected chi connectivity index (χ2v) is 7.64. The van der Waals surface area contributed by atoms with Crippen molar-refractivity contribution in [2.75, 3.05) is 26.7 Å². The number of hydrogen-bond acceptors (Lipinski definition) is 4. The lowest BCUT2D eigenvalue weighted by atomic mass is 9.97. The number of likely N-dealkylation sites (tertiary alicyclic amines) is 1. The molecule has 2 aromatic rings. The quantitative estimate of drug-likeness (QED) is 0.850. The monoisotopic (exact) mass is 358 g/mol. The molecule has 4 nitrogen and oxygen atoms in total. The molecule has 1 aliphatic heterocycles. The van der Waals surface area contributed by atoms with Gasteiger partial charge in [0, 0.05) is 11.4 Å². The van der Waals surface area contributed by atoms with Gasteiger partial charge in [-0.1, -0.05) is 25.1 Å². The lowest BCUT2D eigenvalue weighted by Crippen LogP contribution is -2.41. The second-order valence-electron chi connectivity index (χ2n) is 6.66. The molecular formula is C20H26N2O2S. The minimum Gasteiger partial charge on any atom is -0.496 e. The molecule has 1 atom stereocenters. The maximum Gasteiger partial charge on any atom is 0.255 e. The maximum absolute atomic E-state index is 12.6. The molecule has 3 rings (SSSR count). The lowest BCUT2D eigenvalue weighted by Gasteiger charge is -2.36. The minimum absolute atomic E-state index is 0.0793. The fourth-order valence-electron chi connectivity index (χ4n) is 3.35. The molecule has 134 valence electrons. The zero-order valence-corrected chi connectivity index (χ0v) is 15.7. The van der Waals surface area contributed by atoms with Crippen LogP contribution >= 0.6 is 11.3 Å². The molecule has 0 aliphatic carbocycles. The highest BCUT2D eigenvalue weighted by atomic mass is 32.1. The van der Waals surface area contributed by atoms with Gasteiger partial charge >= 0.3 is 0 Å². The van der Waals surface area contributed by atoms with E-state index in [9.17, 15) is 4.79 Å². The molecule has 1 aromatic heterocycles. The van der Waals surface area contributed by atoms with Gasteiger partial charge in [-0.05, 0) is 55.4 Å². The summed E-state index contributed by atoms with van der Waals surface area (Å²) in [6, 6.07) is 11.9. The topological polar surface area (TPSA) is 41.6 Å². The highest BCUT2D eigenvalue weighted by Gasteiger charge is 2.26. The van der Waals surface area contributed by atoms with E-state index in [1.165, 1.54) is 17.7 Å². The van der Waals surface area contributed by atoms with Crippen LogP contribution in [0.1, 0.15) is 41.0 Å². The van der Waals surface area contributed by atoms with Crippen molar-refractivity contribution in [3.63, 3.8) is 0 Å². The Bertz CT molecular complexity index is 679. The standard InChI is InChI=1S/C20H26N2O2S/c1-15-9-11-22(12-10-15)17(19-8-5-13-25-19)14-21-20(23)16-6-3-4-7-18(16)24-2/h3-8,13,15,17H,9-12,14H2,1-2H3,(H,21,23). The number of rotatable bonds is 6. The Morgan fingerprint density at radius 3 is 2.72 bits per heavy atom. The molecule has 2 heterocycles. The van der Waals surface area contributed by atoms with Gasteiger partial charge in [-0.2, -0.15) is 0 Å². The minimum atomic E-state index is -0.0793. The first-order chi connectivity index (χ1) is 12.2. The fraction of sp³-hybridized carbons (Fsp3) is 0.450. The highest BCUT2D eigenvalue weighted by molar-refractivity contribution is 7.10. The summed E-state index contributed by atoms with van der Waals surface area (Å²) in [4.78, 5) is 16.5. The summed E-state index contributed by atoms with van der Waals surface area (Å²) in [6.45, 7) is 5.12. The Balaban J connectivity index is 1.69. The van der Waals surface area contributed by atoms with Crippen LogP contribution in [0.5, 0.6) is 5.75 Å². The van der Waals surface area contributed by atoms with E-state index < -0.39 is 0 Å². The molecule has 1 aromatic carbocycles. The van der Waals surface area contributed by atoms with Gasteiger partial charge in [0.05, 0.1) is 18.7 Å². The number of amides is 1. The number of methoxy groups -OCH3 is 1. The van der Waals surface area contributed by atoms with Crippen LogP contribution in [0.2, 0.25) is 0 Å². The van der Waals surface area contributed by atoms with Crippen molar-refractivity contribution in [1.82, 2.24) is 10.2 Å². The van der Waals surface area contributed by atoms with Crippen LogP contribution in [-0.2, 0) is 0 Å². The van der Waals surface area contributed by atoms with Crippen LogP contribution in [0.4, 0.5) is 0 Å². The number of carbonyl (C=O) groups is 1. The smallest absolute Gasteiger partial charge is 0.255 e. The van der Waals surface area contributed by atoms with E-state index in [0.717, 1.165) is 19.0 Å². The second kappa shape index (κ2) is 8.50. The Morgan fingerprint density at radius 1 is 1.28 bits per heavy atom. The van der Waals surface area contributed by atoms with E-state index in [1.54, 1.807) is 24.5 Å². The molecule has 1 amide bonds. The zero-order chi connectivity index (χ0) is 17.6. The SMILES string of the molecule is COc1ccccc1C(=O)NCC(c1cccs1)N1CCC(C)CC1. The largest absolute Gasteiger partial charge is 0.496 e. The van der Waals surface area contributed by atoms with Gasteiger partial charge in [0.2, 0.25) is 0 Å². The molecule has 0 spiro atoms. The first kappa shape index (κ1) is 18.0. The number of thiophene rings is 1. The Morgan fingerprint density at radius 2 is 2.04 bits per heavy atom. The van der Waals surface area contributed by atoms with Crippen molar-refractivity contribution in [3.8, 4) is 5.75 Å². The van der Waals surface area contributed by atoms with Gasteiger partial charge in [-0.25, -0.2) is 0 Å². The summed E-state index contributed by atoms with van der Waals surface area (Å²) in [7, 11) is 1.59. The predicted octanol–water partition coefficient (Wildman–Crippen LogP) is 3.96. The number of nitrogens with one attached hydrogen (secondary N) is 1. The Kier molecular flexibility index (Phi) is 6.10. The van der Waals surface area contributed by atoms with Crippen molar-refractivity contribution < 1.29 is 9.53 Å². The molecule has 5 heteroatoms. The zero-order valence-electron chi connectivity index (χ0n) is 14.9. The van der Waals surface area contributed by atoms with Gasteiger partial charge < -0.3 is 10.1 Å². The van der Waals surface area contributed by atoms with E-state index >= 15 is 0 Å². The van der Waals surface area contributed by atoms with Gasteiger partial charge in [-0.15, -0.1) is 11.3 Å². The average Bonchev–Trinajstić information content (AvgIpc) is 3.17. The normalized spacial score (nSPS) is 17.2. The van der Waals surface area contributed by atoms with Gasteiger partial charge in [0.15, 0.2) is 0 Å². The molecule has 1 N–H and O–H groups in total. The lowest BCUT2D eigenvalue weighted by molar-refractivity contribution is 0.0912. The first-order valence-electron chi connectivity index (χ1n) is 8.87. The first-order valence-corrected chi connectivity index (χ1v) is 9.75. The molecule has 25 heavy (non-hydrogen) atoms. The maximum atomic E-state index is 12.6. The van der Waals surface area contributed by atoms with Crippen LogP contribution in [0.3, 0.4) is 0 Å². The number of ether oxygens (including phenoxy) is 1. The van der Waals surface area contributed by atoms with E-state index in [-0.39, 0.29) is 11.9 Å². The summed E-state index contributed by atoms with van der Waals surface area (Å²) in [6.07, 6.45) is 2.45. The Hall–Kier alpha value is -1.85. The molecule has 1 aliphatic rings. The molecule has 1 fully saturated rings. The number of carbonyl (C=O) groups excluding carboxylic acids is 1.